The van der Waals surface area contributed by atoms with Gasteiger partial charge in [-0.05, 0) is 30.9 Å². The van der Waals surface area contributed by atoms with Crippen molar-refractivity contribution in [2.24, 2.45) is 0 Å². The average molecular weight is 254 g/mol. The van der Waals surface area contributed by atoms with Crippen LogP contribution in [0.25, 0.3) is 0 Å². The first-order valence-corrected chi connectivity index (χ1v) is 6.73. The molecule has 0 bridgehead atoms. The van der Waals surface area contributed by atoms with E-state index in [1.54, 1.807) is 6.08 Å². The van der Waals surface area contributed by atoms with Gasteiger partial charge in [-0.15, -0.1) is 0 Å². The highest BCUT2D eigenvalue weighted by atomic mass is 16.4. The molecule has 0 saturated heterocycles. The van der Waals surface area contributed by atoms with Gasteiger partial charge < -0.3 is 10.2 Å². The number of carbonyl (C=O) groups is 2. The highest BCUT2D eigenvalue weighted by Crippen LogP contribution is 2.20. The van der Waals surface area contributed by atoms with Crippen molar-refractivity contribution in [1.82, 2.24) is 0 Å². The number of carboxylic acids is 1. The summed E-state index contributed by atoms with van der Waals surface area (Å²) in [5, 5.41) is 17.7. The number of Topliss-reactive ketones (excluding diaryl/α,β-unsaturated/α-hetero) is 1. The number of hydrogen-bond acceptors (Lipinski definition) is 3. The lowest BCUT2D eigenvalue weighted by Crippen LogP contribution is -2.01. The monoisotopic (exact) mass is 254 g/mol. The lowest BCUT2D eigenvalue weighted by molar-refractivity contribution is -0.137. The Labute approximate surface area is 108 Å². The second kappa shape index (κ2) is 8.03. The van der Waals surface area contributed by atoms with Crippen LogP contribution in [0.3, 0.4) is 0 Å². The molecule has 0 aliphatic heterocycles. The summed E-state index contributed by atoms with van der Waals surface area (Å²) in [4.78, 5) is 21.6. The molecule has 0 amide bonds. The smallest absolute Gasteiger partial charge is 0.303 e. The minimum Gasteiger partial charge on any atom is -0.481 e. The first-order chi connectivity index (χ1) is 8.59. The van der Waals surface area contributed by atoms with Crippen LogP contribution in [0.2, 0.25) is 0 Å². The normalized spacial score (nSPS) is 19.1. The maximum atomic E-state index is 11.4. The van der Waals surface area contributed by atoms with Crippen LogP contribution in [0.4, 0.5) is 0 Å². The number of aliphatic hydroxyl groups is 1. The van der Waals surface area contributed by atoms with Gasteiger partial charge in [0.05, 0.1) is 6.10 Å². The fourth-order valence-corrected chi connectivity index (χ4v) is 2.23. The molecule has 2 N–H and O–H groups in total. The van der Waals surface area contributed by atoms with Gasteiger partial charge in [-0.1, -0.05) is 25.7 Å². The van der Waals surface area contributed by atoms with Gasteiger partial charge in [0.1, 0.15) is 0 Å². The highest BCUT2D eigenvalue weighted by Gasteiger charge is 2.21. The molecule has 0 radical (unpaired) electrons. The zero-order chi connectivity index (χ0) is 13.4. The van der Waals surface area contributed by atoms with Gasteiger partial charge in [-0.3, -0.25) is 9.59 Å². The van der Waals surface area contributed by atoms with Crippen molar-refractivity contribution in [2.75, 3.05) is 0 Å². The molecule has 1 atom stereocenters. The van der Waals surface area contributed by atoms with E-state index in [1.807, 2.05) is 0 Å². The molecule has 1 aliphatic carbocycles. The van der Waals surface area contributed by atoms with E-state index in [0.29, 0.717) is 0 Å². The van der Waals surface area contributed by atoms with E-state index in [4.69, 9.17) is 5.11 Å². The van der Waals surface area contributed by atoms with Crippen molar-refractivity contribution in [3.8, 4) is 0 Å². The van der Waals surface area contributed by atoms with E-state index < -0.39 is 12.1 Å². The number of allylic oxidation sites excluding steroid dienone is 1. The largest absolute Gasteiger partial charge is 0.481 e. The van der Waals surface area contributed by atoms with Crippen LogP contribution >= 0.6 is 0 Å². The van der Waals surface area contributed by atoms with E-state index in [9.17, 15) is 14.7 Å². The standard InChI is InChI=1S/C14H22O4/c15-12-9-11(13(16)10-12)7-5-3-1-2-4-6-8-14(17)18/h9,12,15H,1-8,10H2,(H,17,18). The summed E-state index contributed by atoms with van der Waals surface area (Å²) in [6, 6.07) is 0. The Hall–Kier alpha value is -1.16. The summed E-state index contributed by atoms with van der Waals surface area (Å²) in [7, 11) is 0. The molecule has 0 aromatic carbocycles. The van der Waals surface area contributed by atoms with Gasteiger partial charge in [0.25, 0.3) is 0 Å². The minimum absolute atomic E-state index is 0.0870. The Morgan fingerprint density at radius 2 is 1.78 bits per heavy atom. The van der Waals surface area contributed by atoms with Gasteiger partial charge in [0, 0.05) is 12.8 Å². The molecule has 4 heteroatoms. The Morgan fingerprint density at radius 1 is 1.17 bits per heavy atom. The van der Waals surface area contributed by atoms with Crippen LogP contribution in [-0.4, -0.2) is 28.1 Å². The summed E-state index contributed by atoms with van der Waals surface area (Å²) in [6.45, 7) is 0. The van der Waals surface area contributed by atoms with Gasteiger partial charge in [-0.25, -0.2) is 0 Å². The highest BCUT2D eigenvalue weighted by molar-refractivity contribution is 5.98. The topological polar surface area (TPSA) is 74.6 Å². The van der Waals surface area contributed by atoms with Crippen molar-refractivity contribution in [1.29, 1.82) is 0 Å². The van der Waals surface area contributed by atoms with Gasteiger partial charge >= 0.3 is 5.97 Å². The molecule has 1 unspecified atom stereocenters. The molecule has 0 saturated carbocycles. The van der Waals surface area contributed by atoms with Crippen molar-refractivity contribution in [3.63, 3.8) is 0 Å². The van der Waals surface area contributed by atoms with Gasteiger partial charge in [0.2, 0.25) is 0 Å². The van der Waals surface area contributed by atoms with E-state index >= 15 is 0 Å². The number of carbonyl (C=O) groups excluding carboxylic acids is 1. The summed E-state index contributed by atoms with van der Waals surface area (Å²) in [5.74, 6) is -0.635. The molecular weight excluding hydrogens is 232 g/mol. The molecule has 4 nitrogen and oxygen atoms in total. The summed E-state index contributed by atoms with van der Waals surface area (Å²) in [6.07, 6.45) is 8.30. The zero-order valence-electron chi connectivity index (χ0n) is 10.7. The molecule has 0 heterocycles. The summed E-state index contributed by atoms with van der Waals surface area (Å²) in [5.41, 5.74) is 0.786. The lowest BCUT2D eigenvalue weighted by atomic mass is 10.0. The zero-order valence-corrected chi connectivity index (χ0v) is 10.7. The molecular formula is C14H22O4. The Morgan fingerprint density at radius 3 is 2.33 bits per heavy atom. The Balaban J connectivity index is 1.94. The SMILES string of the molecule is O=C(O)CCCCCCCCC1=CC(O)CC1=O. The maximum Gasteiger partial charge on any atom is 0.303 e. The predicted molar refractivity (Wildman–Crippen MR) is 68.3 cm³/mol. The van der Waals surface area contributed by atoms with E-state index in [1.165, 1.54) is 0 Å². The fraction of sp³-hybridized carbons (Fsp3) is 0.714. The van der Waals surface area contributed by atoms with Crippen LogP contribution < -0.4 is 0 Å². The van der Waals surface area contributed by atoms with Crippen LogP contribution in [0.5, 0.6) is 0 Å². The van der Waals surface area contributed by atoms with E-state index in [2.05, 4.69) is 0 Å². The number of carboxylic acid groups (broad SMARTS) is 1. The Kier molecular flexibility index (Phi) is 6.65. The lowest BCUT2D eigenvalue weighted by Gasteiger charge is -2.01. The summed E-state index contributed by atoms with van der Waals surface area (Å²) >= 11 is 0. The van der Waals surface area contributed by atoms with Crippen LogP contribution in [-0.2, 0) is 9.59 Å². The minimum atomic E-state index is -0.722. The number of aliphatic carboxylic acids is 1. The third kappa shape index (κ3) is 5.96. The molecule has 1 rings (SSSR count). The van der Waals surface area contributed by atoms with E-state index in [-0.39, 0.29) is 18.6 Å². The van der Waals surface area contributed by atoms with Crippen LogP contribution in [0.1, 0.15) is 57.8 Å². The molecule has 18 heavy (non-hydrogen) atoms. The first kappa shape index (κ1) is 14.9. The quantitative estimate of drug-likeness (QED) is 0.620. The number of aliphatic hydroxyl groups excluding tert-OH is 1. The first-order valence-electron chi connectivity index (χ1n) is 6.73. The summed E-state index contributed by atoms with van der Waals surface area (Å²) < 4.78 is 0. The molecule has 0 spiro atoms. The van der Waals surface area contributed by atoms with Crippen LogP contribution in [0, 0.1) is 0 Å². The Bertz CT molecular complexity index is 320. The van der Waals surface area contributed by atoms with Crippen molar-refractivity contribution in [2.45, 2.75) is 63.9 Å². The number of ketones is 1. The fourth-order valence-electron chi connectivity index (χ4n) is 2.23. The van der Waals surface area contributed by atoms with Gasteiger partial charge in [0.15, 0.2) is 5.78 Å². The van der Waals surface area contributed by atoms with Gasteiger partial charge in [-0.2, -0.15) is 0 Å². The third-order valence-electron chi connectivity index (χ3n) is 3.23. The van der Waals surface area contributed by atoms with Crippen LogP contribution in [0.15, 0.2) is 11.6 Å². The molecule has 0 fully saturated rings. The number of hydrogen-bond donors (Lipinski definition) is 2. The van der Waals surface area contributed by atoms with Crippen molar-refractivity contribution < 1.29 is 19.8 Å². The number of rotatable bonds is 9. The molecule has 102 valence electrons. The average Bonchev–Trinajstić information content (AvgIpc) is 2.61. The molecule has 0 aromatic heterocycles. The predicted octanol–water partition coefficient (Wildman–Crippen LogP) is 2.45. The molecule has 1 aliphatic rings. The molecule has 0 aromatic rings. The number of unbranched alkanes of at least 4 members (excludes halogenated alkanes) is 5. The second-order valence-corrected chi connectivity index (χ2v) is 4.90. The van der Waals surface area contributed by atoms with Crippen molar-refractivity contribution in [3.05, 3.63) is 11.6 Å². The third-order valence-corrected chi connectivity index (χ3v) is 3.23. The maximum absolute atomic E-state index is 11.4. The van der Waals surface area contributed by atoms with E-state index in [0.717, 1.165) is 50.5 Å². The second-order valence-electron chi connectivity index (χ2n) is 4.90. The van der Waals surface area contributed by atoms with Crippen molar-refractivity contribution >= 4 is 11.8 Å².